The van der Waals surface area contributed by atoms with Crippen LogP contribution < -0.4 is 11.1 Å². The highest BCUT2D eigenvalue weighted by Gasteiger charge is 2.25. The van der Waals surface area contributed by atoms with Gasteiger partial charge in [0.05, 0.1) is 36.6 Å². The Morgan fingerprint density at radius 3 is 2.65 bits per heavy atom. The van der Waals surface area contributed by atoms with Crippen LogP contribution in [0.15, 0.2) is 24.3 Å². The second-order valence-electron chi connectivity index (χ2n) is 3.92. The maximum absolute atomic E-state index is 11.4. The summed E-state index contributed by atoms with van der Waals surface area (Å²) < 4.78 is 4.53. The monoisotopic (exact) mass is 281 g/mol. The van der Waals surface area contributed by atoms with Gasteiger partial charge in [-0.1, -0.05) is 18.2 Å². The Morgan fingerprint density at radius 1 is 1.45 bits per heavy atom. The smallest absolute Gasteiger partial charge is 0.307 e. The first-order chi connectivity index (χ1) is 9.49. The number of benzene rings is 1. The highest BCUT2D eigenvalue weighted by molar-refractivity contribution is 5.79. The van der Waals surface area contributed by atoms with E-state index >= 15 is 0 Å². The number of carbonyl (C=O) groups is 2. The molecule has 0 aliphatic rings. The number of methoxy groups -OCH3 is 1. The minimum Gasteiger partial charge on any atom is -0.469 e. The second kappa shape index (κ2) is 7.19. The lowest BCUT2D eigenvalue weighted by molar-refractivity contribution is -0.385. The van der Waals surface area contributed by atoms with Gasteiger partial charge in [0.1, 0.15) is 0 Å². The topological polar surface area (TPSA) is 125 Å². The van der Waals surface area contributed by atoms with Crippen molar-refractivity contribution in [3.8, 4) is 0 Å². The molecule has 1 atom stereocenters. The molecule has 0 bridgehead atoms. The summed E-state index contributed by atoms with van der Waals surface area (Å²) in [4.78, 5) is 33.2. The van der Waals surface area contributed by atoms with E-state index in [0.717, 1.165) is 0 Å². The van der Waals surface area contributed by atoms with Crippen LogP contribution in [0.1, 0.15) is 18.0 Å². The fourth-order valence-corrected chi connectivity index (χ4v) is 1.69. The van der Waals surface area contributed by atoms with E-state index in [0.29, 0.717) is 0 Å². The van der Waals surface area contributed by atoms with Crippen LogP contribution in [0.2, 0.25) is 0 Å². The van der Waals surface area contributed by atoms with Gasteiger partial charge in [0.25, 0.3) is 5.69 Å². The molecule has 1 aromatic rings. The molecular weight excluding hydrogens is 266 g/mol. The number of hydrogen-bond acceptors (Lipinski definition) is 6. The number of ether oxygens (including phenoxy) is 1. The first-order valence-corrected chi connectivity index (χ1v) is 5.79. The van der Waals surface area contributed by atoms with Crippen molar-refractivity contribution in [1.29, 1.82) is 0 Å². The third-order valence-electron chi connectivity index (χ3n) is 2.63. The van der Waals surface area contributed by atoms with Gasteiger partial charge in [-0.2, -0.15) is 0 Å². The van der Waals surface area contributed by atoms with Gasteiger partial charge in [-0.3, -0.25) is 19.7 Å². The molecule has 8 nitrogen and oxygen atoms in total. The Kier molecular flexibility index (Phi) is 5.60. The maximum atomic E-state index is 11.4. The van der Waals surface area contributed by atoms with E-state index in [2.05, 4.69) is 10.1 Å². The highest BCUT2D eigenvalue weighted by atomic mass is 16.6. The fraction of sp³-hybridized carbons (Fsp3) is 0.333. The minimum atomic E-state index is -0.861. The van der Waals surface area contributed by atoms with Gasteiger partial charge in [-0.15, -0.1) is 0 Å². The number of nitro benzene ring substituents is 1. The van der Waals surface area contributed by atoms with Crippen LogP contribution in [0, 0.1) is 10.1 Å². The molecule has 0 aliphatic heterocycles. The number of para-hydroxylation sites is 1. The molecule has 8 heteroatoms. The van der Waals surface area contributed by atoms with E-state index in [1.807, 2.05) is 0 Å². The van der Waals surface area contributed by atoms with E-state index in [1.165, 1.54) is 25.3 Å². The molecule has 0 aromatic heterocycles. The zero-order valence-corrected chi connectivity index (χ0v) is 10.9. The van der Waals surface area contributed by atoms with Gasteiger partial charge in [0.15, 0.2) is 0 Å². The van der Waals surface area contributed by atoms with Crippen molar-refractivity contribution in [3.05, 3.63) is 39.9 Å². The largest absolute Gasteiger partial charge is 0.469 e. The highest BCUT2D eigenvalue weighted by Crippen LogP contribution is 2.27. The molecule has 1 rings (SSSR count). The molecule has 0 saturated heterocycles. The molecule has 0 spiro atoms. The van der Waals surface area contributed by atoms with Crippen LogP contribution in [-0.4, -0.2) is 30.5 Å². The lowest BCUT2D eigenvalue weighted by atomic mass is 10.0. The third-order valence-corrected chi connectivity index (χ3v) is 2.63. The minimum absolute atomic E-state index is 0.182. The number of rotatable bonds is 6. The van der Waals surface area contributed by atoms with Crippen LogP contribution in [0.25, 0.3) is 0 Å². The number of amides is 1. The first kappa shape index (κ1) is 15.6. The standard InChI is InChI=1S/C12H15N3O5/c1-20-12(17)6-9(14-11(16)7-13)8-4-2-3-5-10(8)15(18)19/h2-5,9H,6-7,13H2,1H3,(H,14,16). The maximum Gasteiger partial charge on any atom is 0.307 e. The van der Waals surface area contributed by atoms with Crippen LogP contribution in [0.4, 0.5) is 5.69 Å². The molecule has 108 valence electrons. The van der Waals surface area contributed by atoms with E-state index in [4.69, 9.17) is 5.73 Å². The molecular formula is C12H15N3O5. The molecule has 0 aliphatic carbocycles. The van der Waals surface area contributed by atoms with Gasteiger partial charge in [-0.05, 0) is 0 Å². The Morgan fingerprint density at radius 2 is 2.10 bits per heavy atom. The van der Waals surface area contributed by atoms with Crippen LogP contribution >= 0.6 is 0 Å². The van der Waals surface area contributed by atoms with Crippen molar-refractivity contribution in [3.63, 3.8) is 0 Å². The predicted octanol–water partition coefficient (Wildman–Crippen LogP) is 0.274. The van der Waals surface area contributed by atoms with Crippen molar-refractivity contribution in [1.82, 2.24) is 5.32 Å². The predicted molar refractivity (Wildman–Crippen MR) is 69.7 cm³/mol. The molecule has 1 aromatic carbocycles. The number of nitrogens with two attached hydrogens (primary N) is 1. The number of carbonyl (C=O) groups excluding carboxylic acids is 2. The first-order valence-electron chi connectivity index (χ1n) is 5.79. The van der Waals surface area contributed by atoms with E-state index in [1.54, 1.807) is 6.07 Å². The van der Waals surface area contributed by atoms with Crippen molar-refractivity contribution < 1.29 is 19.2 Å². The zero-order valence-electron chi connectivity index (χ0n) is 10.9. The molecule has 1 unspecified atom stereocenters. The molecule has 0 heterocycles. The molecule has 3 N–H and O–H groups in total. The summed E-state index contributed by atoms with van der Waals surface area (Å²) in [6.45, 7) is -0.279. The normalized spacial score (nSPS) is 11.5. The van der Waals surface area contributed by atoms with E-state index < -0.39 is 22.8 Å². The summed E-state index contributed by atoms with van der Waals surface area (Å²) in [5, 5.41) is 13.5. The summed E-state index contributed by atoms with van der Waals surface area (Å²) in [5.74, 6) is -1.11. The van der Waals surface area contributed by atoms with Gasteiger partial charge in [0, 0.05) is 6.07 Å². The number of nitro groups is 1. The van der Waals surface area contributed by atoms with E-state index in [-0.39, 0.29) is 24.2 Å². The summed E-state index contributed by atoms with van der Waals surface area (Å²) >= 11 is 0. The molecule has 0 saturated carbocycles. The number of nitrogens with one attached hydrogen (secondary N) is 1. The van der Waals surface area contributed by atoms with Crippen molar-refractivity contribution >= 4 is 17.6 Å². The summed E-state index contributed by atoms with van der Waals surface area (Å²) in [6, 6.07) is 5.00. The summed E-state index contributed by atoms with van der Waals surface area (Å²) in [5.41, 5.74) is 5.24. The molecule has 20 heavy (non-hydrogen) atoms. The average molecular weight is 281 g/mol. The average Bonchev–Trinajstić information content (AvgIpc) is 2.46. The Labute approximate surface area is 115 Å². The van der Waals surface area contributed by atoms with Gasteiger partial charge in [0.2, 0.25) is 5.91 Å². The van der Waals surface area contributed by atoms with Crippen molar-refractivity contribution in [2.75, 3.05) is 13.7 Å². The lowest BCUT2D eigenvalue weighted by Crippen LogP contribution is -2.35. The SMILES string of the molecule is COC(=O)CC(NC(=O)CN)c1ccccc1[N+](=O)[O-]. The zero-order chi connectivity index (χ0) is 15.1. The van der Waals surface area contributed by atoms with Crippen molar-refractivity contribution in [2.24, 2.45) is 5.73 Å². The van der Waals surface area contributed by atoms with E-state index in [9.17, 15) is 19.7 Å². The fourth-order valence-electron chi connectivity index (χ4n) is 1.69. The second-order valence-corrected chi connectivity index (χ2v) is 3.92. The van der Waals surface area contributed by atoms with Crippen LogP contribution in [0.5, 0.6) is 0 Å². The summed E-state index contributed by atoms with van der Waals surface area (Å²) in [7, 11) is 1.20. The number of hydrogen-bond donors (Lipinski definition) is 2. The number of esters is 1. The Balaban J connectivity index is 3.12. The molecule has 1 amide bonds. The Hall–Kier alpha value is -2.48. The molecule has 0 fully saturated rings. The van der Waals surface area contributed by atoms with Gasteiger partial charge < -0.3 is 15.8 Å². The quantitative estimate of drug-likeness (QED) is 0.438. The molecule has 0 radical (unpaired) electrons. The van der Waals surface area contributed by atoms with Gasteiger partial charge >= 0.3 is 5.97 Å². The number of nitrogens with zero attached hydrogens (tertiary/aromatic N) is 1. The van der Waals surface area contributed by atoms with Crippen LogP contribution in [0.3, 0.4) is 0 Å². The lowest BCUT2D eigenvalue weighted by Gasteiger charge is -2.17. The third kappa shape index (κ3) is 4.02. The van der Waals surface area contributed by atoms with Gasteiger partial charge in [-0.25, -0.2) is 0 Å². The van der Waals surface area contributed by atoms with Crippen LogP contribution in [-0.2, 0) is 14.3 Å². The van der Waals surface area contributed by atoms with Crippen molar-refractivity contribution in [2.45, 2.75) is 12.5 Å². The summed E-state index contributed by atoms with van der Waals surface area (Å²) in [6.07, 6.45) is -0.215. The Bertz CT molecular complexity index is 500.